The number of ether oxygens (including phenoxy) is 1. The number of anilines is 1. The molecule has 4 nitrogen and oxygen atoms in total. The molecule has 0 radical (unpaired) electrons. The molecule has 2 aromatic rings. The van der Waals surface area contributed by atoms with E-state index < -0.39 is 0 Å². The van der Waals surface area contributed by atoms with Crippen LogP contribution in [0.5, 0.6) is 5.75 Å². The molecular weight excluding hydrogens is 226 g/mol. The molecule has 0 amide bonds. The number of aromatic nitrogens is 2. The zero-order chi connectivity index (χ0) is 12.8. The van der Waals surface area contributed by atoms with Crippen LogP contribution in [0.15, 0.2) is 36.5 Å². The van der Waals surface area contributed by atoms with Crippen molar-refractivity contribution < 1.29 is 4.74 Å². The van der Waals surface area contributed by atoms with Gasteiger partial charge >= 0.3 is 0 Å². The highest BCUT2D eigenvalue weighted by atomic mass is 16.5. The number of hydrogen-bond acceptors (Lipinski definition) is 3. The van der Waals surface area contributed by atoms with Crippen LogP contribution in [0.25, 0.3) is 0 Å². The second-order valence-corrected chi connectivity index (χ2v) is 4.30. The van der Waals surface area contributed by atoms with Crippen LogP contribution in [0.3, 0.4) is 0 Å². The second-order valence-electron chi connectivity index (χ2n) is 4.30. The fourth-order valence-corrected chi connectivity index (χ4v) is 1.58. The van der Waals surface area contributed by atoms with E-state index in [1.54, 1.807) is 6.20 Å². The highest BCUT2D eigenvalue weighted by Gasteiger charge is 2.02. The van der Waals surface area contributed by atoms with Gasteiger partial charge in [0, 0.05) is 18.0 Å². The predicted octanol–water partition coefficient (Wildman–Crippen LogP) is 3.20. The van der Waals surface area contributed by atoms with Gasteiger partial charge in [-0.1, -0.05) is 13.0 Å². The molecule has 0 saturated heterocycles. The van der Waals surface area contributed by atoms with Gasteiger partial charge in [0.25, 0.3) is 0 Å². The summed E-state index contributed by atoms with van der Waals surface area (Å²) in [6.07, 6.45) is 3.00. The minimum absolute atomic E-state index is 0.243. The van der Waals surface area contributed by atoms with Crippen LogP contribution >= 0.6 is 0 Å². The Morgan fingerprint density at radius 3 is 3.00 bits per heavy atom. The largest absolute Gasteiger partial charge is 0.491 e. The molecule has 4 heteroatoms. The topological polar surface area (TPSA) is 49.9 Å². The Morgan fingerprint density at radius 2 is 2.28 bits per heavy atom. The SMILES string of the molecule is CCC(C)Oc1cccc(NCc2ccn[nH]2)c1. The van der Waals surface area contributed by atoms with Crippen molar-refractivity contribution in [1.82, 2.24) is 10.2 Å². The molecule has 0 spiro atoms. The van der Waals surface area contributed by atoms with Gasteiger partial charge in [0.1, 0.15) is 5.75 Å². The summed E-state index contributed by atoms with van der Waals surface area (Å²) >= 11 is 0. The van der Waals surface area contributed by atoms with E-state index in [-0.39, 0.29) is 6.10 Å². The van der Waals surface area contributed by atoms with Gasteiger partial charge in [-0.25, -0.2) is 0 Å². The first-order chi connectivity index (χ1) is 8.78. The van der Waals surface area contributed by atoms with Crippen LogP contribution in [0.1, 0.15) is 26.0 Å². The molecule has 2 N–H and O–H groups in total. The Labute approximate surface area is 107 Å². The molecule has 1 heterocycles. The average molecular weight is 245 g/mol. The lowest BCUT2D eigenvalue weighted by molar-refractivity contribution is 0.217. The third-order valence-electron chi connectivity index (χ3n) is 2.79. The van der Waals surface area contributed by atoms with Gasteiger partial charge in [-0.2, -0.15) is 5.10 Å². The van der Waals surface area contributed by atoms with E-state index in [1.807, 2.05) is 30.3 Å². The maximum atomic E-state index is 5.78. The molecule has 0 aliphatic carbocycles. The molecule has 1 aromatic carbocycles. The lowest BCUT2D eigenvalue weighted by atomic mass is 10.2. The molecule has 18 heavy (non-hydrogen) atoms. The zero-order valence-electron chi connectivity index (χ0n) is 10.8. The van der Waals surface area contributed by atoms with Crippen molar-refractivity contribution in [2.24, 2.45) is 0 Å². The van der Waals surface area contributed by atoms with Crippen molar-refractivity contribution in [3.05, 3.63) is 42.2 Å². The number of H-pyrrole nitrogens is 1. The Hall–Kier alpha value is -1.97. The van der Waals surface area contributed by atoms with Crippen molar-refractivity contribution in [2.45, 2.75) is 32.9 Å². The Bertz CT molecular complexity index is 468. The molecular formula is C14H19N3O. The van der Waals surface area contributed by atoms with Crippen LogP contribution in [0.2, 0.25) is 0 Å². The van der Waals surface area contributed by atoms with Gasteiger partial charge < -0.3 is 10.1 Å². The summed E-state index contributed by atoms with van der Waals surface area (Å²) in [6, 6.07) is 9.97. The van der Waals surface area contributed by atoms with Gasteiger partial charge in [0.15, 0.2) is 0 Å². The van der Waals surface area contributed by atoms with Crippen molar-refractivity contribution in [3.63, 3.8) is 0 Å². The van der Waals surface area contributed by atoms with E-state index >= 15 is 0 Å². The molecule has 0 bridgehead atoms. The highest BCUT2D eigenvalue weighted by Crippen LogP contribution is 2.19. The average Bonchev–Trinajstić information content (AvgIpc) is 2.90. The standard InChI is InChI=1S/C14H19N3O/c1-3-11(2)18-14-6-4-5-12(9-14)15-10-13-7-8-16-17-13/h4-9,11,15H,3,10H2,1-2H3,(H,16,17). The van der Waals surface area contributed by atoms with Crippen LogP contribution in [0, 0.1) is 0 Å². The number of nitrogens with one attached hydrogen (secondary N) is 2. The summed E-state index contributed by atoms with van der Waals surface area (Å²) in [5, 5.41) is 10.2. The first-order valence-electron chi connectivity index (χ1n) is 6.26. The third-order valence-corrected chi connectivity index (χ3v) is 2.79. The van der Waals surface area contributed by atoms with E-state index in [9.17, 15) is 0 Å². The van der Waals surface area contributed by atoms with E-state index in [2.05, 4.69) is 29.4 Å². The smallest absolute Gasteiger partial charge is 0.121 e. The van der Waals surface area contributed by atoms with Gasteiger partial charge in [0.2, 0.25) is 0 Å². The molecule has 0 aliphatic heterocycles. The molecule has 1 atom stereocenters. The fourth-order valence-electron chi connectivity index (χ4n) is 1.58. The molecule has 0 saturated carbocycles. The van der Waals surface area contributed by atoms with Gasteiger partial charge in [-0.3, -0.25) is 5.10 Å². The van der Waals surface area contributed by atoms with Gasteiger partial charge in [0.05, 0.1) is 18.3 Å². The van der Waals surface area contributed by atoms with E-state index in [1.165, 1.54) is 0 Å². The maximum Gasteiger partial charge on any atom is 0.121 e. The van der Waals surface area contributed by atoms with Crippen molar-refractivity contribution in [3.8, 4) is 5.75 Å². The van der Waals surface area contributed by atoms with Crippen LogP contribution in [-0.4, -0.2) is 16.3 Å². The van der Waals surface area contributed by atoms with Crippen molar-refractivity contribution in [2.75, 3.05) is 5.32 Å². The lowest BCUT2D eigenvalue weighted by Gasteiger charge is -2.13. The number of nitrogens with zero attached hydrogens (tertiary/aromatic N) is 1. The second kappa shape index (κ2) is 6.10. The summed E-state index contributed by atoms with van der Waals surface area (Å²) in [5.41, 5.74) is 2.11. The first kappa shape index (κ1) is 12.5. The minimum Gasteiger partial charge on any atom is -0.491 e. The van der Waals surface area contributed by atoms with E-state index in [0.29, 0.717) is 0 Å². The van der Waals surface area contributed by atoms with Crippen LogP contribution in [0.4, 0.5) is 5.69 Å². The molecule has 0 fully saturated rings. The Balaban J connectivity index is 1.94. The zero-order valence-corrected chi connectivity index (χ0v) is 10.8. The highest BCUT2D eigenvalue weighted by molar-refractivity contribution is 5.48. The summed E-state index contributed by atoms with van der Waals surface area (Å²) in [6.45, 7) is 4.92. The summed E-state index contributed by atoms with van der Waals surface area (Å²) in [4.78, 5) is 0. The monoisotopic (exact) mass is 245 g/mol. The first-order valence-corrected chi connectivity index (χ1v) is 6.26. The van der Waals surface area contributed by atoms with Crippen molar-refractivity contribution in [1.29, 1.82) is 0 Å². The Kier molecular flexibility index (Phi) is 4.23. The van der Waals surface area contributed by atoms with Gasteiger partial charge in [-0.05, 0) is 31.5 Å². The Morgan fingerprint density at radius 1 is 1.39 bits per heavy atom. The van der Waals surface area contributed by atoms with Crippen molar-refractivity contribution >= 4 is 5.69 Å². The molecule has 0 aliphatic rings. The van der Waals surface area contributed by atoms with Crippen LogP contribution in [-0.2, 0) is 6.54 Å². The van der Waals surface area contributed by atoms with E-state index in [0.717, 1.165) is 30.1 Å². The minimum atomic E-state index is 0.243. The molecule has 1 aromatic heterocycles. The number of aromatic amines is 1. The fraction of sp³-hybridized carbons (Fsp3) is 0.357. The van der Waals surface area contributed by atoms with Crippen LogP contribution < -0.4 is 10.1 Å². The van der Waals surface area contributed by atoms with Gasteiger partial charge in [-0.15, -0.1) is 0 Å². The molecule has 2 rings (SSSR count). The lowest BCUT2D eigenvalue weighted by Crippen LogP contribution is -2.09. The quantitative estimate of drug-likeness (QED) is 0.821. The summed E-state index contributed by atoms with van der Waals surface area (Å²) in [7, 11) is 0. The number of benzene rings is 1. The number of hydrogen-bond donors (Lipinski definition) is 2. The van der Waals surface area contributed by atoms with E-state index in [4.69, 9.17) is 4.74 Å². The summed E-state index contributed by atoms with van der Waals surface area (Å²) in [5.74, 6) is 0.902. The number of rotatable bonds is 6. The molecule has 1 unspecified atom stereocenters. The normalized spacial score (nSPS) is 12.1. The third kappa shape index (κ3) is 3.52. The maximum absolute atomic E-state index is 5.78. The summed E-state index contributed by atoms with van der Waals surface area (Å²) < 4.78 is 5.78. The molecule has 96 valence electrons. The predicted molar refractivity (Wildman–Crippen MR) is 72.7 cm³/mol.